The Kier molecular flexibility index (Phi) is 18.7. The Balaban J connectivity index is 2.08. The largest absolute Gasteiger partial charge is 0.481 e. The van der Waals surface area contributed by atoms with Crippen LogP contribution in [0, 0.1) is 11.3 Å². The third kappa shape index (κ3) is 16.7. The number of anilines is 1. The van der Waals surface area contributed by atoms with Gasteiger partial charge in [-0.15, -0.1) is 0 Å². The molecule has 1 aromatic rings. The quantitative estimate of drug-likeness (QED) is 0.0476. The molecule has 0 saturated carbocycles. The fourth-order valence-corrected chi connectivity index (χ4v) is 5.30. The number of urea groups is 1. The lowest BCUT2D eigenvalue weighted by Crippen LogP contribution is -2.57. The van der Waals surface area contributed by atoms with Gasteiger partial charge in [0.05, 0.1) is 5.41 Å². The molecule has 8 N–H and O–H groups in total. The molecule has 1 heterocycles. The second-order valence-corrected chi connectivity index (χ2v) is 14.8. The Morgan fingerprint density at radius 1 is 0.786 bits per heavy atom. The number of nitrogens with zero attached hydrogens (tertiary/aromatic N) is 1. The van der Waals surface area contributed by atoms with Crippen LogP contribution in [0.3, 0.4) is 0 Å². The Bertz CT molecular complexity index is 1600. The van der Waals surface area contributed by atoms with Crippen molar-refractivity contribution in [2.45, 2.75) is 111 Å². The van der Waals surface area contributed by atoms with Gasteiger partial charge < -0.3 is 42.2 Å². The number of primary amides is 1. The maximum absolute atomic E-state index is 13.7. The van der Waals surface area contributed by atoms with Crippen molar-refractivity contribution in [3.05, 3.63) is 42.0 Å². The third-order valence-corrected chi connectivity index (χ3v) is 8.54. The maximum atomic E-state index is 13.7. The number of aliphatic carboxylic acids is 1. The SMILES string of the molecule is CC(C)[C@H](NC(=O)[C@H](CCC(=O)O)NC(=O)CCCCCN1C(=O)C=CC1=O)C(=O)N[C@@H](CCCNC(N)=O)C(=O)Nc1ccc(COC(=O)C(C)(C)C)cc1. The molecular formula is C38H55N7O11. The Morgan fingerprint density at radius 3 is 1.98 bits per heavy atom. The second kappa shape index (κ2) is 22.5. The van der Waals surface area contributed by atoms with Crippen LogP contribution in [0.1, 0.15) is 91.5 Å². The summed E-state index contributed by atoms with van der Waals surface area (Å²) in [6, 6.07) is 2.14. The smallest absolute Gasteiger partial charge is 0.312 e. The van der Waals surface area contributed by atoms with Crippen LogP contribution in [0.5, 0.6) is 0 Å². The van der Waals surface area contributed by atoms with Crippen LogP contribution < -0.4 is 32.3 Å². The van der Waals surface area contributed by atoms with E-state index < -0.39 is 83.3 Å². The number of hydrogen-bond acceptors (Lipinski definition) is 10. The third-order valence-electron chi connectivity index (χ3n) is 8.54. The second-order valence-electron chi connectivity index (χ2n) is 14.8. The molecule has 8 amide bonds. The van der Waals surface area contributed by atoms with Crippen LogP contribution >= 0.6 is 0 Å². The standard InChI is InChI=1S/C38H55N7O11/c1-23(2)32(44-34(52)27(16-19-31(49)50)42-28(46)11-7-6-8-21-45-29(47)17-18-30(45)48)35(53)43-26(10-9-20-40-37(39)55)33(51)41-25-14-12-24(13-15-25)22-56-36(54)38(3,4)5/h12-15,17-18,23,26-27,32H,6-11,16,19-22H2,1-5H3,(H,41,51)(H,42,46)(H,43,53)(H,44,52)(H,49,50)(H3,39,40,55)/t26-,27-,32-/m0/s1. The molecule has 0 saturated heterocycles. The van der Waals surface area contributed by atoms with Gasteiger partial charge in [-0.3, -0.25) is 43.3 Å². The number of carbonyl (C=O) groups is 9. The number of imide groups is 1. The molecule has 0 spiro atoms. The first-order valence-electron chi connectivity index (χ1n) is 18.5. The monoisotopic (exact) mass is 785 g/mol. The normalized spacial score (nSPS) is 14.1. The fourth-order valence-electron chi connectivity index (χ4n) is 5.30. The average molecular weight is 786 g/mol. The molecule has 0 aromatic heterocycles. The summed E-state index contributed by atoms with van der Waals surface area (Å²) in [4.78, 5) is 113. The van der Waals surface area contributed by atoms with E-state index >= 15 is 0 Å². The molecule has 0 fully saturated rings. The van der Waals surface area contributed by atoms with E-state index in [1.54, 1.807) is 58.9 Å². The predicted octanol–water partition coefficient (Wildman–Crippen LogP) is 1.62. The minimum atomic E-state index is -1.29. The van der Waals surface area contributed by atoms with Gasteiger partial charge >= 0.3 is 18.0 Å². The molecule has 18 nitrogen and oxygen atoms in total. The van der Waals surface area contributed by atoms with E-state index in [0.29, 0.717) is 30.5 Å². The minimum Gasteiger partial charge on any atom is -0.481 e. The van der Waals surface area contributed by atoms with Crippen LogP contribution in [0.15, 0.2) is 36.4 Å². The molecule has 0 radical (unpaired) electrons. The van der Waals surface area contributed by atoms with Crippen molar-refractivity contribution in [1.29, 1.82) is 0 Å². The molecule has 18 heteroatoms. The fraction of sp³-hybridized carbons (Fsp3) is 0.553. The van der Waals surface area contributed by atoms with Crippen molar-refractivity contribution in [2.75, 3.05) is 18.4 Å². The van der Waals surface area contributed by atoms with E-state index in [1.165, 1.54) is 12.2 Å². The first kappa shape index (κ1) is 46.3. The van der Waals surface area contributed by atoms with Crippen LogP contribution in [-0.2, 0) is 49.7 Å². The van der Waals surface area contributed by atoms with E-state index in [0.717, 1.165) is 4.90 Å². The number of esters is 1. The molecule has 56 heavy (non-hydrogen) atoms. The van der Waals surface area contributed by atoms with Gasteiger partial charge in [-0.25, -0.2) is 4.79 Å². The van der Waals surface area contributed by atoms with Gasteiger partial charge in [0.15, 0.2) is 0 Å². The van der Waals surface area contributed by atoms with Crippen molar-refractivity contribution in [2.24, 2.45) is 17.1 Å². The highest BCUT2D eigenvalue weighted by molar-refractivity contribution is 6.12. The van der Waals surface area contributed by atoms with Gasteiger partial charge in [0.25, 0.3) is 11.8 Å². The summed E-state index contributed by atoms with van der Waals surface area (Å²) in [6.45, 7) is 8.87. The molecule has 2 rings (SSSR count). The maximum Gasteiger partial charge on any atom is 0.312 e. The number of nitrogens with two attached hydrogens (primary N) is 1. The Morgan fingerprint density at radius 2 is 1.41 bits per heavy atom. The summed E-state index contributed by atoms with van der Waals surface area (Å²) in [7, 11) is 0. The molecular weight excluding hydrogens is 730 g/mol. The number of ether oxygens (including phenoxy) is 1. The highest BCUT2D eigenvalue weighted by Gasteiger charge is 2.32. The lowest BCUT2D eigenvalue weighted by Gasteiger charge is -2.27. The lowest BCUT2D eigenvalue weighted by molar-refractivity contribution is -0.154. The number of amides is 8. The molecule has 1 aliphatic heterocycles. The number of carboxylic acid groups (broad SMARTS) is 1. The van der Waals surface area contributed by atoms with Crippen LogP contribution in [0.2, 0.25) is 0 Å². The number of carboxylic acids is 1. The van der Waals surface area contributed by atoms with Gasteiger partial charge in [-0.2, -0.15) is 0 Å². The summed E-state index contributed by atoms with van der Waals surface area (Å²) >= 11 is 0. The van der Waals surface area contributed by atoms with Crippen molar-refractivity contribution in [3.8, 4) is 0 Å². The number of carbonyl (C=O) groups excluding carboxylic acids is 8. The van der Waals surface area contributed by atoms with Crippen molar-refractivity contribution < 1.29 is 53.0 Å². The zero-order valence-corrected chi connectivity index (χ0v) is 32.6. The average Bonchev–Trinajstić information content (AvgIpc) is 3.44. The lowest BCUT2D eigenvalue weighted by atomic mass is 9.97. The summed E-state index contributed by atoms with van der Waals surface area (Å²) in [6.07, 6.45) is 3.29. The topological polar surface area (TPSA) is 272 Å². The van der Waals surface area contributed by atoms with E-state index in [1.807, 2.05) is 0 Å². The molecule has 308 valence electrons. The van der Waals surface area contributed by atoms with Gasteiger partial charge in [0, 0.05) is 43.8 Å². The zero-order valence-electron chi connectivity index (χ0n) is 32.6. The first-order chi connectivity index (χ1) is 26.3. The molecule has 1 aromatic carbocycles. The van der Waals surface area contributed by atoms with Gasteiger partial charge in [-0.1, -0.05) is 32.4 Å². The summed E-state index contributed by atoms with van der Waals surface area (Å²) < 4.78 is 5.33. The first-order valence-corrected chi connectivity index (χ1v) is 18.5. The highest BCUT2D eigenvalue weighted by Crippen LogP contribution is 2.18. The molecule has 1 aliphatic rings. The van der Waals surface area contributed by atoms with Crippen molar-refractivity contribution >= 4 is 59.1 Å². The van der Waals surface area contributed by atoms with Gasteiger partial charge in [0.1, 0.15) is 24.7 Å². The number of unbranched alkanes of at least 4 members (excludes halogenated alkanes) is 2. The minimum absolute atomic E-state index is 0.0140. The van der Waals surface area contributed by atoms with Crippen LogP contribution in [-0.4, -0.2) is 94.6 Å². The molecule has 0 unspecified atom stereocenters. The van der Waals surface area contributed by atoms with E-state index in [9.17, 15) is 48.3 Å². The molecule has 3 atom stereocenters. The predicted molar refractivity (Wildman–Crippen MR) is 203 cm³/mol. The Hall–Kier alpha value is -5.81. The molecule has 0 aliphatic carbocycles. The van der Waals surface area contributed by atoms with E-state index in [-0.39, 0.29) is 51.3 Å². The Labute approximate surface area is 326 Å². The molecule has 0 bridgehead atoms. The number of nitrogens with one attached hydrogen (secondary N) is 5. The number of benzene rings is 1. The van der Waals surface area contributed by atoms with Crippen molar-refractivity contribution in [1.82, 2.24) is 26.2 Å². The van der Waals surface area contributed by atoms with Gasteiger partial charge in [0.2, 0.25) is 23.6 Å². The van der Waals surface area contributed by atoms with E-state index in [4.69, 9.17) is 10.5 Å². The van der Waals surface area contributed by atoms with E-state index in [2.05, 4.69) is 26.6 Å². The van der Waals surface area contributed by atoms with Crippen LogP contribution in [0.4, 0.5) is 10.5 Å². The highest BCUT2D eigenvalue weighted by atomic mass is 16.5. The van der Waals surface area contributed by atoms with Crippen molar-refractivity contribution in [3.63, 3.8) is 0 Å². The summed E-state index contributed by atoms with van der Waals surface area (Å²) in [5, 5.41) is 22.2. The number of hydrogen-bond donors (Lipinski definition) is 7. The van der Waals surface area contributed by atoms with Gasteiger partial charge in [-0.05, 0) is 76.5 Å². The van der Waals surface area contributed by atoms with Crippen LogP contribution in [0.25, 0.3) is 0 Å². The number of rotatable bonds is 23. The zero-order chi connectivity index (χ0) is 42.0. The summed E-state index contributed by atoms with van der Waals surface area (Å²) in [5.41, 5.74) is 5.55. The summed E-state index contributed by atoms with van der Waals surface area (Å²) in [5.74, 6) is -5.53.